The van der Waals surface area contributed by atoms with Crippen LogP contribution in [-0.4, -0.2) is 51.2 Å². The molecule has 0 spiro atoms. The molecule has 1 saturated carbocycles. The highest BCUT2D eigenvalue weighted by atomic mass is 35.5. The highest BCUT2D eigenvalue weighted by molar-refractivity contribution is 6.30. The first-order chi connectivity index (χ1) is 15.5. The van der Waals surface area contributed by atoms with E-state index >= 15 is 0 Å². The molecule has 0 unspecified atom stereocenters. The van der Waals surface area contributed by atoms with Gasteiger partial charge in [-0.25, -0.2) is 9.07 Å². The number of halogens is 2. The van der Waals surface area contributed by atoms with Crippen molar-refractivity contribution in [2.24, 2.45) is 18.9 Å². The Morgan fingerprint density at radius 2 is 1.94 bits per heavy atom. The fourth-order valence-corrected chi connectivity index (χ4v) is 4.85. The Bertz CT molecular complexity index is 1090. The van der Waals surface area contributed by atoms with Crippen molar-refractivity contribution in [3.05, 3.63) is 41.3 Å². The number of fused-ring (bicyclic) bond motifs is 2. The molecule has 9 nitrogen and oxygen atoms in total. The summed E-state index contributed by atoms with van der Waals surface area (Å²) in [4.78, 5) is 6.80. The molecule has 3 aromatic rings. The zero-order valence-corrected chi connectivity index (χ0v) is 18.5. The van der Waals surface area contributed by atoms with Gasteiger partial charge in [0.2, 0.25) is 11.8 Å². The van der Waals surface area contributed by atoms with Gasteiger partial charge in [0.15, 0.2) is 0 Å². The molecule has 1 aliphatic heterocycles. The summed E-state index contributed by atoms with van der Waals surface area (Å²) in [6.45, 7) is 1.81. The lowest BCUT2D eigenvalue weighted by Gasteiger charge is -2.39. The van der Waals surface area contributed by atoms with E-state index in [4.69, 9.17) is 21.1 Å². The standard InChI is InChI=1S/C21H23ClFN7O2/c1-29-21(32-17-6-14(22)5-15(23)7-17)26-20(28-29)25-19-12-3-4-13(19)11-30(10-12)16-8-18(31-2)27-24-9-16/h5-9,12-13,19H,3-4,10-11H2,1-2H3,(H,25,28)/t12-,13+,19+. The molecular weight excluding hydrogens is 437 g/mol. The zero-order valence-electron chi connectivity index (χ0n) is 17.7. The molecule has 32 heavy (non-hydrogen) atoms. The predicted octanol–water partition coefficient (Wildman–Crippen LogP) is 3.53. The third-order valence-electron chi connectivity index (χ3n) is 6.09. The van der Waals surface area contributed by atoms with Crippen molar-refractivity contribution in [1.29, 1.82) is 0 Å². The number of aryl methyl sites for hydroxylation is 1. The lowest BCUT2D eigenvalue weighted by Crippen LogP contribution is -2.48. The normalized spacial score (nSPS) is 22.1. The quantitative estimate of drug-likeness (QED) is 0.598. The molecule has 1 N–H and O–H groups in total. The molecule has 2 aromatic heterocycles. The van der Waals surface area contributed by atoms with Crippen LogP contribution >= 0.6 is 11.6 Å². The fourth-order valence-electron chi connectivity index (χ4n) is 4.64. The van der Waals surface area contributed by atoms with Crippen LogP contribution < -0.4 is 19.7 Å². The van der Waals surface area contributed by atoms with Crippen molar-refractivity contribution in [2.75, 3.05) is 30.4 Å². The van der Waals surface area contributed by atoms with E-state index in [9.17, 15) is 4.39 Å². The lowest BCUT2D eigenvalue weighted by atomic mass is 9.92. The number of piperidine rings is 1. The number of hydrogen-bond acceptors (Lipinski definition) is 8. The highest BCUT2D eigenvalue weighted by Crippen LogP contribution is 2.40. The van der Waals surface area contributed by atoms with Crippen LogP contribution in [0.1, 0.15) is 12.8 Å². The Kier molecular flexibility index (Phi) is 5.46. The number of hydrogen-bond donors (Lipinski definition) is 1. The van der Waals surface area contributed by atoms with Crippen molar-refractivity contribution in [1.82, 2.24) is 25.0 Å². The first-order valence-electron chi connectivity index (χ1n) is 10.4. The third kappa shape index (κ3) is 4.14. The van der Waals surface area contributed by atoms with E-state index < -0.39 is 5.82 Å². The average Bonchev–Trinajstić information content (AvgIpc) is 3.20. The largest absolute Gasteiger partial charge is 0.480 e. The number of anilines is 2. The average molecular weight is 460 g/mol. The Morgan fingerprint density at radius 3 is 2.66 bits per heavy atom. The van der Waals surface area contributed by atoms with Gasteiger partial charge in [0.05, 0.1) is 19.0 Å². The van der Waals surface area contributed by atoms with Crippen molar-refractivity contribution in [3.8, 4) is 17.6 Å². The Hall–Kier alpha value is -3.14. The van der Waals surface area contributed by atoms with Crippen molar-refractivity contribution < 1.29 is 13.9 Å². The van der Waals surface area contributed by atoms with Crippen LogP contribution in [0.15, 0.2) is 30.5 Å². The van der Waals surface area contributed by atoms with Gasteiger partial charge < -0.3 is 19.7 Å². The molecule has 3 heterocycles. The monoisotopic (exact) mass is 459 g/mol. The predicted molar refractivity (Wildman–Crippen MR) is 117 cm³/mol. The molecule has 2 fully saturated rings. The minimum absolute atomic E-state index is 0.255. The Balaban J connectivity index is 1.28. The second kappa shape index (κ2) is 8.42. The van der Waals surface area contributed by atoms with Crippen LogP contribution in [0.5, 0.6) is 17.6 Å². The van der Waals surface area contributed by atoms with E-state index in [0.717, 1.165) is 31.6 Å². The summed E-state index contributed by atoms with van der Waals surface area (Å²) < 4.78 is 26.0. The molecule has 0 amide bonds. The van der Waals surface area contributed by atoms with Gasteiger partial charge in [0.25, 0.3) is 0 Å². The molecule has 1 saturated heterocycles. The maximum Gasteiger partial charge on any atom is 0.321 e. The second-order valence-corrected chi connectivity index (χ2v) is 8.61. The maximum absolute atomic E-state index is 13.6. The Labute approximate surface area is 189 Å². The summed E-state index contributed by atoms with van der Waals surface area (Å²) in [6.07, 6.45) is 4.04. The zero-order chi connectivity index (χ0) is 22.2. The van der Waals surface area contributed by atoms with E-state index in [1.165, 1.54) is 22.9 Å². The first-order valence-corrected chi connectivity index (χ1v) is 10.8. The molecule has 2 bridgehead atoms. The topological polar surface area (TPSA) is 90.2 Å². The number of nitrogens with one attached hydrogen (secondary N) is 1. The summed E-state index contributed by atoms with van der Waals surface area (Å²) in [5, 5.41) is 16.2. The SMILES string of the molecule is COc1cc(N2C[C@H]3CC[C@@H](C2)[C@H]3Nc2nc(Oc3cc(F)cc(Cl)c3)n(C)n2)cnn1. The lowest BCUT2D eigenvalue weighted by molar-refractivity contribution is 0.373. The van der Waals surface area contributed by atoms with Gasteiger partial charge >= 0.3 is 6.01 Å². The molecular formula is C21H23ClFN7O2. The number of methoxy groups -OCH3 is 1. The van der Waals surface area contributed by atoms with Crippen LogP contribution in [0.3, 0.4) is 0 Å². The number of aromatic nitrogens is 5. The van der Waals surface area contributed by atoms with Crippen LogP contribution in [-0.2, 0) is 7.05 Å². The number of rotatable bonds is 6. The molecule has 5 rings (SSSR count). The van der Waals surface area contributed by atoms with Gasteiger partial charge in [-0.2, -0.15) is 10.1 Å². The molecule has 1 aromatic carbocycles. The minimum atomic E-state index is -0.474. The Morgan fingerprint density at radius 1 is 1.16 bits per heavy atom. The van der Waals surface area contributed by atoms with Crippen LogP contribution in [0.4, 0.5) is 16.0 Å². The second-order valence-electron chi connectivity index (χ2n) is 8.18. The minimum Gasteiger partial charge on any atom is -0.480 e. The fraction of sp³-hybridized carbons (Fsp3) is 0.429. The van der Waals surface area contributed by atoms with Crippen molar-refractivity contribution in [3.63, 3.8) is 0 Å². The third-order valence-corrected chi connectivity index (χ3v) is 6.31. The first kappa shape index (κ1) is 20.7. The van der Waals surface area contributed by atoms with Crippen LogP contribution in [0, 0.1) is 17.7 Å². The summed E-state index contributed by atoms with van der Waals surface area (Å²) in [7, 11) is 3.32. The molecule has 0 radical (unpaired) electrons. The van der Waals surface area contributed by atoms with Gasteiger partial charge in [-0.15, -0.1) is 10.2 Å². The summed E-state index contributed by atoms with van der Waals surface area (Å²) in [6, 6.07) is 6.45. The van der Waals surface area contributed by atoms with E-state index in [-0.39, 0.29) is 22.8 Å². The smallest absolute Gasteiger partial charge is 0.321 e. The summed E-state index contributed by atoms with van der Waals surface area (Å²) in [5.41, 5.74) is 1.02. The van der Waals surface area contributed by atoms with Crippen molar-refractivity contribution in [2.45, 2.75) is 18.9 Å². The molecule has 1 aliphatic carbocycles. The number of benzene rings is 1. The molecule has 11 heteroatoms. The molecule has 2 aliphatic rings. The van der Waals surface area contributed by atoms with Gasteiger partial charge in [0, 0.05) is 43.3 Å². The van der Waals surface area contributed by atoms with Crippen LogP contribution in [0.2, 0.25) is 5.02 Å². The number of ether oxygens (including phenoxy) is 2. The van der Waals surface area contributed by atoms with Gasteiger partial charge in [-0.05, 0) is 36.8 Å². The van der Waals surface area contributed by atoms with Gasteiger partial charge in [-0.3, -0.25) is 0 Å². The summed E-state index contributed by atoms with van der Waals surface area (Å²) >= 11 is 5.91. The van der Waals surface area contributed by atoms with E-state index in [1.807, 2.05) is 6.07 Å². The van der Waals surface area contributed by atoms with Crippen LogP contribution in [0.25, 0.3) is 0 Å². The van der Waals surface area contributed by atoms with E-state index in [0.29, 0.717) is 23.7 Å². The van der Waals surface area contributed by atoms with E-state index in [2.05, 4.69) is 30.5 Å². The maximum atomic E-state index is 13.6. The van der Waals surface area contributed by atoms with E-state index in [1.54, 1.807) is 20.4 Å². The molecule has 168 valence electrons. The van der Waals surface area contributed by atoms with Crippen molar-refractivity contribution >= 4 is 23.2 Å². The van der Waals surface area contributed by atoms with Gasteiger partial charge in [0.1, 0.15) is 11.6 Å². The summed E-state index contributed by atoms with van der Waals surface area (Å²) in [5.74, 6) is 1.70. The number of nitrogens with zero attached hydrogens (tertiary/aromatic N) is 6. The highest BCUT2D eigenvalue weighted by Gasteiger charge is 2.42. The van der Waals surface area contributed by atoms with Gasteiger partial charge in [-0.1, -0.05) is 11.6 Å². The molecule has 3 atom stereocenters.